The van der Waals surface area contributed by atoms with Gasteiger partial charge in [0.1, 0.15) is 0 Å². The molecular weight excluding hydrogens is 294 g/mol. The molecule has 3 aromatic rings. The molecule has 24 heavy (non-hydrogen) atoms. The third-order valence-corrected chi connectivity index (χ3v) is 5.91. The van der Waals surface area contributed by atoms with E-state index in [0.717, 1.165) is 13.1 Å². The van der Waals surface area contributed by atoms with Gasteiger partial charge in [-0.3, -0.25) is 4.98 Å². The quantitative estimate of drug-likeness (QED) is 0.730. The summed E-state index contributed by atoms with van der Waals surface area (Å²) in [6.07, 6.45) is 5.11. The molecule has 3 heteroatoms. The van der Waals surface area contributed by atoms with Crippen molar-refractivity contribution in [1.82, 2.24) is 14.9 Å². The van der Waals surface area contributed by atoms with Crippen molar-refractivity contribution in [1.29, 1.82) is 0 Å². The molecule has 1 aromatic carbocycles. The van der Waals surface area contributed by atoms with E-state index in [0.29, 0.717) is 17.9 Å². The lowest BCUT2D eigenvalue weighted by Gasteiger charge is -2.40. The molecule has 3 unspecified atom stereocenters. The molecule has 3 nitrogen and oxygen atoms in total. The summed E-state index contributed by atoms with van der Waals surface area (Å²) in [7, 11) is 0. The fraction of sp³-hybridized carbons (Fsp3) is 0.381. The van der Waals surface area contributed by atoms with E-state index in [9.17, 15) is 0 Å². The summed E-state index contributed by atoms with van der Waals surface area (Å²) >= 11 is 0. The van der Waals surface area contributed by atoms with Gasteiger partial charge in [-0.05, 0) is 54.7 Å². The third kappa shape index (κ3) is 1.91. The van der Waals surface area contributed by atoms with Gasteiger partial charge < -0.3 is 9.88 Å². The van der Waals surface area contributed by atoms with E-state index in [-0.39, 0.29) is 0 Å². The first-order valence-electron chi connectivity index (χ1n) is 8.98. The molecule has 3 atom stereocenters. The van der Waals surface area contributed by atoms with Crippen LogP contribution in [0.2, 0.25) is 0 Å². The Balaban J connectivity index is 1.84. The van der Waals surface area contributed by atoms with Gasteiger partial charge in [0.15, 0.2) is 0 Å². The molecule has 0 saturated carbocycles. The first-order chi connectivity index (χ1) is 11.7. The number of aryl methyl sites for hydroxylation is 1. The van der Waals surface area contributed by atoms with E-state index in [1.54, 1.807) is 5.69 Å². The van der Waals surface area contributed by atoms with Crippen LogP contribution in [0.3, 0.4) is 0 Å². The predicted molar refractivity (Wildman–Crippen MR) is 97.3 cm³/mol. The van der Waals surface area contributed by atoms with Crippen LogP contribution in [-0.4, -0.2) is 16.1 Å². The average Bonchev–Trinajstić information content (AvgIpc) is 2.91. The van der Waals surface area contributed by atoms with Gasteiger partial charge in [0, 0.05) is 48.0 Å². The first kappa shape index (κ1) is 14.2. The van der Waals surface area contributed by atoms with Gasteiger partial charge in [-0.1, -0.05) is 18.6 Å². The molecule has 2 aromatic heterocycles. The molecule has 122 valence electrons. The number of fused-ring (bicyclic) bond motifs is 3. The maximum atomic E-state index is 4.22. The lowest BCUT2D eigenvalue weighted by atomic mass is 9.79. The predicted octanol–water partition coefficient (Wildman–Crippen LogP) is 4.16. The second kappa shape index (κ2) is 5.18. The van der Waals surface area contributed by atoms with Crippen LogP contribution in [0.15, 0.2) is 42.7 Å². The van der Waals surface area contributed by atoms with Crippen LogP contribution in [0.4, 0.5) is 0 Å². The maximum absolute atomic E-state index is 4.22. The average molecular weight is 317 g/mol. The van der Waals surface area contributed by atoms with Crippen LogP contribution in [0.5, 0.6) is 0 Å². The van der Waals surface area contributed by atoms with Crippen molar-refractivity contribution in [2.75, 3.05) is 6.54 Å². The van der Waals surface area contributed by atoms with E-state index >= 15 is 0 Å². The van der Waals surface area contributed by atoms with Crippen molar-refractivity contribution in [3.63, 3.8) is 0 Å². The third-order valence-electron chi connectivity index (χ3n) is 5.91. The van der Waals surface area contributed by atoms with Gasteiger partial charge in [0.25, 0.3) is 0 Å². The van der Waals surface area contributed by atoms with Gasteiger partial charge in [-0.15, -0.1) is 0 Å². The second-order valence-corrected chi connectivity index (χ2v) is 7.52. The zero-order chi connectivity index (χ0) is 16.3. The summed E-state index contributed by atoms with van der Waals surface area (Å²) < 4.78 is 2.65. The lowest BCUT2D eigenvalue weighted by Crippen LogP contribution is -2.37. The Morgan fingerprint density at radius 1 is 1.17 bits per heavy atom. The van der Waals surface area contributed by atoms with Crippen molar-refractivity contribution in [3.05, 3.63) is 65.1 Å². The largest absolute Gasteiger partial charge is 0.336 e. The highest BCUT2D eigenvalue weighted by molar-refractivity contribution is 5.87. The summed E-state index contributed by atoms with van der Waals surface area (Å²) in [5.74, 6) is 1.25. The molecule has 4 heterocycles. The van der Waals surface area contributed by atoms with Crippen molar-refractivity contribution in [3.8, 4) is 0 Å². The molecule has 1 N–H and O–H groups in total. The number of aromatic nitrogens is 2. The van der Waals surface area contributed by atoms with E-state index in [2.05, 4.69) is 59.0 Å². The maximum Gasteiger partial charge on any atom is 0.0615 e. The summed E-state index contributed by atoms with van der Waals surface area (Å²) in [5.41, 5.74) is 7.23. The second-order valence-electron chi connectivity index (χ2n) is 7.52. The molecule has 0 aliphatic carbocycles. The molecule has 2 aliphatic rings. The van der Waals surface area contributed by atoms with E-state index in [1.165, 1.54) is 34.0 Å². The minimum absolute atomic E-state index is 0.413. The van der Waals surface area contributed by atoms with Crippen LogP contribution in [-0.2, 0) is 6.54 Å². The summed E-state index contributed by atoms with van der Waals surface area (Å²) in [6, 6.07) is 11.7. The number of hydrogen-bond donors (Lipinski definition) is 1. The Morgan fingerprint density at radius 2 is 2.00 bits per heavy atom. The van der Waals surface area contributed by atoms with Crippen molar-refractivity contribution in [2.24, 2.45) is 5.92 Å². The monoisotopic (exact) mass is 317 g/mol. The zero-order valence-corrected chi connectivity index (χ0v) is 14.3. The highest BCUT2D eigenvalue weighted by Gasteiger charge is 2.38. The molecule has 5 rings (SSSR count). The van der Waals surface area contributed by atoms with Gasteiger partial charge in [0.05, 0.1) is 6.04 Å². The number of nitrogens with zero attached hydrogens (tertiary/aromatic N) is 2. The molecule has 0 saturated heterocycles. The summed E-state index contributed by atoms with van der Waals surface area (Å²) in [4.78, 5) is 4.22. The molecule has 0 fully saturated rings. The van der Waals surface area contributed by atoms with Gasteiger partial charge in [0.2, 0.25) is 0 Å². The Hall–Kier alpha value is -2.13. The Kier molecular flexibility index (Phi) is 3.07. The van der Waals surface area contributed by atoms with Gasteiger partial charge in [-0.2, -0.15) is 0 Å². The molecular formula is C21H23N3. The zero-order valence-electron chi connectivity index (χ0n) is 14.3. The minimum atomic E-state index is 0.413. The van der Waals surface area contributed by atoms with Crippen molar-refractivity contribution in [2.45, 2.75) is 38.8 Å². The minimum Gasteiger partial charge on any atom is -0.336 e. The van der Waals surface area contributed by atoms with Crippen LogP contribution in [0, 0.1) is 12.8 Å². The number of nitrogens with one attached hydrogen (secondary N) is 1. The smallest absolute Gasteiger partial charge is 0.0615 e. The van der Waals surface area contributed by atoms with Gasteiger partial charge >= 0.3 is 0 Å². The van der Waals surface area contributed by atoms with E-state index in [1.807, 2.05) is 12.4 Å². The van der Waals surface area contributed by atoms with Crippen LogP contribution >= 0.6 is 0 Å². The Bertz CT molecular complexity index is 910. The molecule has 0 radical (unpaired) electrons. The summed E-state index contributed by atoms with van der Waals surface area (Å²) in [6.45, 7) is 6.70. The topological polar surface area (TPSA) is 29.9 Å². The first-order valence-corrected chi connectivity index (χ1v) is 8.98. The number of rotatable bonds is 1. The SMILES string of the molecule is Cc1ccc2c(c1)c1c3n2C(c2ccncc2)C(C)CC3CNC1. The van der Waals surface area contributed by atoms with E-state index < -0.39 is 0 Å². The van der Waals surface area contributed by atoms with Crippen LogP contribution in [0.1, 0.15) is 47.7 Å². The number of hydrogen-bond acceptors (Lipinski definition) is 2. The van der Waals surface area contributed by atoms with Crippen LogP contribution < -0.4 is 5.32 Å². The lowest BCUT2D eigenvalue weighted by molar-refractivity contribution is 0.289. The van der Waals surface area contributed by atoms with Crippen LogP contribution in [0.25, 0.3) is 10.9 Å². The molecule has 0 bridgehead atoms. The fourth-order valence-electron chi connectivity index (χ4n) is 4.98. The molecule has 0 spiro atoms. The molecule has 0 amide bonds. The number of pyridine rings is 1. The number of benzene rings is 1. The standard InChI is InChI=1S/C21H23N3/c1-13-3-4-19-17(9-13)18-12-23-11-16-10-14(2)20(24(19)21(16)18)15-5-7-22-8-6-15/h3-9,14,16,20,23H,10-12H2,1-2H3. The summed E-state index contributed by atoms with van der Waals surface area (Å²) in [5, 5.41) is 5.09. The van der Waals surface area contributed by atoms with Gasteiger partial charge in [-0.25, -0.2) is 0 Å². The normalized spacial score (nSPS) is 25.7. The van der Waals surface area contributed by atoms with E-state index in [4.69, 9.17) is 0 Å². The Morgan fingerprint density at radius 3 is 2.83 bits per heavy atom. The molecule has 2 aliphatic heterocycles. The van der Waals surface area contributed by atoms with Crippen molar-refractivity contribution < 1.29 is 0 Å². The van der Waals surface area contributed by atoms with Crippen molar-refractivity contribution >= 4 is 10.9 Å². The Labute approximate surface area is 142 Å². The highest BCUT2D eigenvalue weighted by Crippen LogP contribution is 2.47. The fourth-order valence-corrected chi connectivity index (χ4v) is 4.98. The highest BCUT2D eigenvalue weighted by atomic mass is 15.1.